The van der Waals surface area contributed by atoms with Crippen LogP contribution in [0.25, 0.3) is 0 Å². The molecule has 0 spiro atoms. The van der Waals surface area contributed by atoms with Gasteiger partial charge in [-0.05, 0) is 5.41 Å². The fourth-order valence-corrected chi connectivity index (χ4v) is 1.19. The molecule has 0 saturated carbocycles. The number of amidine groups is 1. The van der Waals surface area contributed by atoms with Gasteiger partial charge in [0.1, 0.15) is 12.5 Å². The maximum Gasteiger partial charge on any atom is 0.487 e. The van der Waals surface area contributed by atoms with E-state index in [1.165, 1.54) is 0 Å². The van der Waals surface area contributed by atoms with Gasteiger partial charge in [0.15, 0.2) is 0 Å². The number of hydrogen-bond acceptors (Lipinski definition) is 3. The highest BCUT2D eigenvalue weighted by atomic mass is 19.4. The average molecular weight is 209 g/mol. The van der Waals surface area contributed by atoms with E-state index in [9.17, 15) is 13.2 Å². The highest BCUT2D eigenvalue weighted by Crippen LogP contribution is 2.28. The number of rotatable bonds is 1. The lowest BCUT2D eigenvalue weighted by molar-refractivity contribution is -0.216. The predicted molar refractivity (Wildman–Crippen MR) is 47.4 cm³/mol. The van der Waals surface area contributed by atoms with E-state index in [-0.39, 0.29) is 17.9 Å². The van der Waals surface area contributed by atoms with Crippen molar-refractivity contribution in [3.8, 4) is 0 Å². The number of alkyl halides is 3. The maximum atomic E-state index is 12.4. The van der Waals surface area contributed by atoms with Crippen LogP contribution in [0.4, 0.5) is 13.2 Å². The minimum absolute atomic E-state index is 0.0602. The summed E-state index contributed by atoms with van der Waals surface area (Å²) in [6.07, 6.45) is -4.03. The van der Waals surface area contributed by atoms with Crippen molar-refractivity contribution in [2.45, 2.75) is 33.5 Å². The number of nitrogens with one attached hydrogen (secondary N) is 1. The molecule has 1 rings (SSSR count). The second-order valence-electron chi connectivity index (χ2n) is 4.48. The van der Waals surface area contributed by atoms with Crippen molar-refractivity contribution in [3.05, 3.63) is 0 Å². The molecule has 0 atom stereocenters. The van der Waals surface area contributed by atoms with Crippen LogP contribution < -0.4 is 5.43 Å². The Kier molecular flexibility index (Phi) is 2.65. The summed E-state index contributed by atoms with van der Waals surface area (Å²) < 4.78 is 37.2. The van der Waals surface area contributed by atoms with Gasteiger partial charge in [0.25, 0.3) is 0 Å². The van der Waals surface area contributed by atoms with Crippen LogP contribution in [0.15, 0.2) is 5.10 Å². The van der Waals surface area contributed by atoms with Crippen molar-refractivity contribution >= 4 is 5.84 Å². The van der Waals surface area contributed by atoms with Crippen LogP contribution in [0.5, 0.6) is 0 Å². The molecule has 0 aromatic heterocycles. The molecule has 0 fully saturated rings. The molecule has 82 valence electrons. The van der Waals surface area contributed by atoms with Gasteiger partial charge in [-0.2, -0.15) is 5.10 Å². The van der Waals surface area contributed by atoms with Crippen LogP contribution in [0, 0.1) is 5.41 Å². The molecular formula is C8H14F3N3. The topological polar surface area (TPSA) is 27.6 Å². The van der Waals surface area contributed by atoms with Crippen molar-refractivity contribution in [2.75, 3.05) is 6.67 Å². The molecule has 0 amide bonds. The Morgan fingerprint density at radius 3 is 2.36 bits per heavy atom. The van der Waals surface area contributed by atoms with Crippen LogP contribution in [-0.4, -0.2) is 23.7 Å². The first-order chi connectivity index (χ1) is 6.20. The van der Waals surface area contributed by atoms with Crippen LogP contribution in [-0.2, 0) is 0 Å². The van der Waals surface area contributed by atoms with Crippen molar-refractivity contribution in [3.63, 3.8) is 0 Å². The molecule has 0 radical (unpaired) electrons. The Morgan fingerprint density at radius 1 is 1.36 bits per heavy atom. The van der Waals surface area contributed by atoms with Gasteiger partial charge >= 0.3 is 6.30 Å². The first-order valence-electron chi connectivity index (χ1n) is 4.34. The van der Waals surface area contributed by atoms with Crippen molar-refractivity contribution in [1.82, 2.24) is 10.3 Å². The second-order valence-corrected chi connectivity index (χ2v) is 4.48. The number of nitrogens with zero attached hydrogens (tertiary/aromatic N) is 2. The third-order valence-electron chi connectivity index (χ3n) is 1.74. The minimum Gasteiger partial charge on any atom is -0.288 e. The maximum absolute atomic E-state index is 12.4. The second kappa shape index (κ2) is 3.33. The van der Waals surface area contributed by atoms with Gasteiger partial charge in [-0.3, -0.25) is 10.3 Å². The highest BCUT2D eigenvalue weighted by molar-refractivity contribution is 5.84. The summed E-state index contributed by atoms with van der Waals surface area (Å²) in [4.78, 5) is 0.332. The fraction of sp³-hybridized carbons (Fsp3) is 0.875. The van der Waals surface area contributed by atoms with E-state index < -0.39 is 6.30 Å². The first kappa shape index (κ1) is 11.1. The van der Waals surface area contributed by atoms with Crippen molar-refractivity contribution in [1.29, 1.82) is 0 Å². The molecule has 0 aromatic carbocycles. The van der Waals surface area contributed by atoms with Gasteiger partial charge in [-0.15, -0.1) is 13.2 Å². The third-order valence-corrected chi connectivity index (χ3v) is 1.74. The molecule has 0 aromatic rings. The average Bonchev–Trinajstić information content (AvgIpc) is 2.29. The largest absolute Gasteiger partial charge is 0.487 e. The van der Waals surface area contributed by atoms with E-state index in [4.69, 9.17) is 0 Å². The number of halogens is 3. The Bertz CT molecular complexity index is 239. The van der Waals surface area contributed by atoms with Crippen LogP contribution >= 0.6 is 0 Å². The van der Waals surface area contributed by atoms with Crippen molar-refractivity contribution < 1.29 is 13.2 Å². The van der Waals surface area contributed by atoms with E-state index in [2.05, 4.69) is 10.5 Å². The lowest BCUT2D eigenvalue weighted by Gasteiger charge is -2.25. The van der Waals surface area contributed by atoms with Gasteiger partial charge in [-0.1, -0.05) is 20.8 Å². The van der Waals surface area contributed by atoms with Crippen LogP contribution in [0.3, 0.4) is 0 Å². The van der Waals surface area contributed by atoms with E-state index in [1.54, 1.807) is 0 Å². The quantitative estimate of drug-likeness (QED) is 0.670. The molecule has 1 N–H and O–H groups in total. The standard InChI is InChI=1S/C8H14F3N3/c1-7(2,3)4-6-13-12-5-14(6)8(9,10)11/h12H,4-5H2,1-3H3. The third kappa shape index (κ3) is 2.78. The molecule has 6 heteroatoms. The van der Waals surface area contributed by atoms with Gasteiger partial charge in [0.2, 0.25) is 0 Å². The number of hydrazone groups is 1. The summed E-state index contributed by atoms with van der Waals surface area (Å²) in [5.41, 5.74) is 2.15. The fourth-order valence-electron chi connectivity index (χ4n) is 1.19. The lowest BCUT2D eigenvalue weighted by atomic mass is 9.91. The smallest absolute Gasteiger partial charge is 0.288 e. The SMILES string of the molecule is CC(C)(C)CC1=NNCN1C(F)(F)F. The van der Waals surface area contributed by atoms with Crippen LogP contribution in [0.1, 0.15) is 27.2 Å². The zero-order valence-corrected chi connectivity index (χ0v) is 8.44. The van der Waals surface area contributed by atoms with Gasteiger partial charge in [-0.25, -0.2) is 0 Å². The molecule has 14 heavy (non-hydrogen) atoms. The first-order valence-corrected chi connectivity index (χ1v) is 4.34. The Morgan fingerprint density at radius 2 is 1.93 bits per heavy atom. The summed E-state index contributed by atoms with van der Waals surface area (Å²) in [5, 5.41) is 3.64. The molecule has 0 saturated heterocycles. The lowest BCUT2D eigenvalue weighted by Crippen LogP contribution is -2.42. The monoisotopic (exact) mass is 209 g/mol. The molecule has 0 unspecified atom stereocenters. The summed E-state index contributed by atoms with van der Waals surface area (Å²) in [6, 6.07) is 0. The number of hydrogen-bond donors (Lipinski definition) is 1. The Labute approximate surface area is 81.0 Å². The summed E-state index contributed by atoms with van der Waals surface area (Å²) >= 11 is 0. The molecular weight excluding hydrogens is 195 g/mol. The molecule has 1 aliphatic rings. The molecule has 0 aliphatic carbocycles. The Balaban J connectivity index is 2.70. The van der Waals surface area contributed by atoms with Crippen molar-refractivity contribution in [2.24, 2.45) is 10.5 Å². The van der Waals surface area contributed by atoms with Crippen LogP contribution in [0.2, 0.25) is 0 Å². The van der Waals surface area contributed by atoms with E-state index >= 15 is 0 Å². The van der Waals surface area contributed by atoms with E-state index in [1.807, 2.05) is 20.8 Å². The van der Waals surface area contributed by atoms with Gasteiger partial charge < -0.3 is 0 Å². The van der Waals surface area contributed by atoms with E-state index in [0.717, 1.165) is 0 Å². The molecule has 1 aliphatic heterocycles. The minimum atomic E-state index is -4.34. The summed E-state index contributed by atoms with van der Waals surface area (Å²) in [5.74, 6) is 0.0602. The molecule has 0 bridgehead atoms. The normalized spacial score (nSPS) is 18.1. The van der Waals surface area contributed by atoms with Gasteiger partial charge in [0.05, 0.1) is 0 Å². The predicted octanol–water partition coefficient (Wildman–Crippen LogP) is 2.12. The summed E-state index contributed by atoms with van der Waals surface area (Å²) in [7, 11) is 0. The molecule has 1 heterocycles. The molecule has 3 nitrogen and oxygen atoms in total. The van der Waals surface area contributed by atoms with E-state index in [0.29, 0.717) is 11.3 Å². The Hall–Kier alpha value is -0.940. The van der Waals surface area contributed by atoms with Gasteiger partial charge in [0, 0.05) is 6.42 Å². The zero-order chi connectivity index (χ0) is 11.0. The summed E-state index contributed by atoms with van der Waals surface area (Å²) in [6.45, 7) is 5.35. The highest BCUT2D eigenvalue weighted by Gasteiger charge is 2.42. The zero-order valence-electron chi connectivity index (χ0n) is 8.44.